The lowest BCUT2D eigenvalue weighted by Gasteiger charge is -2.17. The summed E-state index contributed by atoms with van der Waals surface area (Å²) in [5.41, 5.74) is 0.856. The van der Waals surface area contributed by atoms with Crippen LogP contribution in [0.2, 0.25) is 0 Å². The summed E-state index contributed by atoms with van der Waals surface area (Å²) in [6.45, 7) is 1.59. The number of aromatic nitrogens is 2. The number of carboxylic acid groups (broad SMARTS) is 1. The fraction of sp³-hybridized carbons (Fsp3) is 0.154. The van der Waals surface area contributed by atoms with Crippen LogP contribution < -0.4 is 5.32 Å². The molecule has 36 heavy (non-hydrogen) atoms. The van der Waals surface area contributed by atoms with E-state index in [1.165, 1.54) is 35.0 Å². The molecule has 0 fully saturated rings. The van der Waals surface area contributed by atoms with Gasteiger partial charge in [-0.3, -0.25) is 9.78 Å². The van der Waals surface area contributed by atoms with E-state index >= 15 is 0 Å². The van der Waals surface area contributed by atoms with Gasteiger partial charge in [-0.15, -0.1) is 0 Å². The van der Waals surface area contributed by atoms with Crippen molar-refractivity contribution in [3.8, 4) is 6.07 Å². The predicted molar refractivity (Wildman–Crippen MR) is 124 cm³/mol. The third-order valence-corrected chi connectivity index (χ3v) is 5.75. The molecular formula is C26H19F3N4O3. The van der Waals surface area contributed by atoms with Gasteiger partial charge in [-0.2, -0.15) is 18.4 Å². The van der Waals surface area contributed by atoms with E-state index in [4.69, 9.17) is 5.11 Å². The van der Waals surface area contributed by atoms with Crippen molar-refractivity contribution < 1.29 is 27.9 Å². The molecule has 1 atom stereocenters. The van der Waals surface area contributed by atoms with Gasteiger partial charge in [-0.25, -0.2) is 4.79 Å². The van der Waals surface area contributed by atoms with Crippen LogP contribution in [0.4, 0.5) is 13.2 Å². The van der Waals surface area contributed by atoms with Crippen LogP contribution in [0.1, 0.15) is 56.1 Å². The van der Waals surface area contributed by atoms with E-state index in [-0.39, 0.29) is 28.9 Å². The summed E-state index contributed by atoms with van der Waals surface area (Å²) >= 11 is 0. The average Bonchev–Trinajstić information content (AvgIpc) is 3.17. The molecule has 0 saturated heterocycles. The molecule has 1 amide bonds. The number of hydrogen-bond donors (Lipinski definition) is 2. The van der Waals surface area contributed by atoms with Gasteiger partial charge in [0, 0.05) is 12.7 Å². The maximum Gasteiger partial charge on any atom is 0.416 e. The summed E-state index contributed by atoms with van der Waals surface area (Å²) in [5, 5.41) is 21.7. The van der Waals surface area contributed by atoms with Crippen LogP contribution in [0, 0.1) is 11.3 Å². The molecule has 10 heteroatoms. The predicted octanol–water partition coefficient (Wildman–Crippen LogP) is 5.16. The number of nitrogens with one attached hydrogen (secondary N) is 1. The van der Waals surface area contributed by atoms with Gasteiger partial charge in [0.1, 0.15) is 22.8 Å². The maximum absolute atomic E-state index is 13.4. The van der Waals surface area contributed by atoms with Crippen LogP contribution in [0.5, 0.6) is 0 Å². The zero-order chi connectivity index (χ0) is 26.0. The van der Waals surface area contributed by atoms with Crippen LogP contribution in [0.15, 0.2) is 66.9 Å². The number of benzene rings is 2. The second kappa shape index (κ2) is 9.54. The van der Waals surface area contributed by atoms with Gasteiger partial charge in [-0.05, 0) is 54.4 Å². The molecule has 0 spiro atoms. The molecule has 4 rings (SSSR count). The average molecular weight is 492 g/mol. The van der Waals surface area contributed by atoms with Gasteiger partial charge in [0.15, 0.2) is 0 Å². The van der Waals surface area contributed by atoms with E-state index in [1.54, 1.807) is 31.2 Å². The first-order chi connectivity index (χ1) is 17.1. The normalized spacial score (nSPS) is 12.2. The second-order valence-electron chi connectivity index (χ2n) is 8.11. The van der Waals surface area contributed by atoms with Crippen molar-refractivity contribution in [1.29, 1.82) is 5.26 Å². The number of halogens is 3. The highest BCUT2D eigenvalue weighted by atomic mass is 19.4. The van der Waals surface area contributed by atoms with Crippen molar-refractivity contribution in [3.05, 3.63) is 100 Å². The fourth-order valence-electron chi connectivity index (χ4n) is 3.97. The molecule has 0 radical (unpaired) electrons. The van der Waals surface area contributed by atoms with E-state index in [1.807, 2.05) is 6.07 Å². The number of pyridine rings is 1. The minimum Gasteiger partial charge on any atom is -0.478 e. The largest absolute Gasteiger partial charge is 0.478 e. The summed E-state index contributed by atoms with van der Waals surface area (Å²) in [6, 6.07) is 15.4. The molecule has 2 heterocycles. The molecular weight excluding hydrogens is 473 g/mol. The number of nitrogens with zero attached hydrogens (tertiary/aromatic N) is 3. The van der Waals surface area contributed by atoms with Crippen molar-refractivity contribution in [2.24, 2.45) is 0 Å². The van der Waals surface area contributed by atoms with Crippen molar-refractivity contribution in [2.75, 3.05) is 0 Å². The fourth-order valence-corrected chi connectivity index (χ4v) is 3.97. The van der Waals surface area contributed by atoms with E-state index in [0.29, 0.717) is 16.6 Å². The van der Waals surface area contributed by atoms with Crippen LogP contribution in [0.25, 0.3) is 11.0 Å². The van der Waals surface area contributed by atoms with Crippen LogP contribution in [0.3, 0.4) is 0 Å². The van der Waals surface area contributed by atoms with E-state index < -0.39 is 29.7 Å². The lowest BCUT2D eigenvalue weighted by atomic mass is 10.1. The number of rotatable bonds is 6. The smallest absolute Gasteiger partial charge is 0.416 e. The van der Waals surface area contributed by atoms with Crippen molar-refractivity contribution in [1.82, 2.24) is 14.9 Å². The monoisotopic (exact) mass is 492 g/mol. The zero-order valence-electron chi connectivity index (χ0n) is 18.9. The van der Waals surface area contributed by atoms with Crippen LogP contribution in [-0.4, -0.2) is 26.5 Å². The summed E-state index contributed by atoms with van der Waals surface area (Å²) in [5.74, 6) is -1.70. The summed E-state index contributed by atoms with van der Waals surface area (Å²) in [4.78, 5) is 28.7. The van der Waals surface area contributed by atoms with Crippen molar-refractivity contribution >= 4 is 22.9 Å². The van der Waals surface area contributed by atoms with Gasteiger partial charge in [0.25, 0.3) is 5.91 Å². The molecule has 4 aromatic rings. The first kappa shape index (κ1) is 24.5. The Kier molecular flexibility index (Phi) is 6.49. The Morgan fingerprint density at radius 3 is 2.50 bits per heavy atom. The number of amides is 1. The highest BCUT2D eigenvalue weighted by Gasteiger charge is 2.31. The summed E-state index contributed by atoms with van der Waals surface area (Å²) in [6.07, 6.45) is -3.06. The molecule has 2 aromatic carbocycles. The van der Waals surface area contributed by atoms with Gasteiger partial charge in [-0.1, -0.05) is 24.3 Å². The molecule has 0 aliphatic heterocycles. The first-order valence-electron chi connectivity index (χ1n) is 10.8. The first-order valence-corrected chi connectivity index (χ1v) is 10.8. The van der Waals surface area contributed by atoms with Gasteiger partial charge < -0.3 is 15.0 Å². The summed E-state index contributed by atoms with van der Waals surface area (Å²) < 4.78 is 41.2. The molecule has 2 N–H and O–H groups in total. The lowest BCUT2D eigenvalue weighted by molar-refractivity contribution is -0.137. The maximum atomic E-state index is 13.4. The minimum absolute atomic E-state index is 0.00324. The third-order valence-electron chi connectivity index (χ3n) is 5.75. The summed E-state index contributed by atoms with van der Waals surface area (Å²) in [7, 11) is 0. The molecule has 182 valence electrons. The highest BCUT2D eigenvalue weighted by Crippen LogP contribution is 2.31. The zero-order valence-corrected chi connectivity index (χ0v) is 18.9. The topological polar surface area (TPSA) is 108 Å². The number of carboxylic acids is 1. The van der Waals surface area contributed by atoms with E-state index in [0.717, 1.165) is 12.1 Å². The highest BCUT2D eigenvalue weighted by molar-refractivity contribution is 6.02. The number of hydrogen-bond acceptors (Lipinski definition) is 4. The Morgan fingerprint density at radius 1 is 1.14 bits per heavy atom. The standard InChI is InChI=1S/C26H19F3N4O3/c1-15(17-7-9-18(10-8-17)25(35)36)32-24(34)23-20(13-30)22-21(6-3-11-31-22)33(23)14-16-4-2-5-19(12-16)26(27,28)29/h2-12,15H,14H2,1H3,(H,32,34)(H,35,36)/t15-/m0/s1. The molecule has 0 saturated carbocycles. The van der Waals surface area contributed by atoms with Crippen molar-refractivity contribution in [3.63, 3.8) is 0 Å². The number of carbonyl (C=O) groups is 2. The minimum atomic E-state index is -4.53. The lowest BCUT2D eigenvalue weighted by Crippen LogP contribution is -2.29. The Balaban J connectivity index is 1.74. The quantitative estimate of drug-likeness (QED) is 0.386. The Labute approximate surface area is 203 Å². The Hall–Kier alpha value is -4.65. The molecule has 7 nitrogen and oxygen atoms in total. The van der Waals surface area contributed by atoms with E-state index in [2.05, 4.69) is 10.3 Å². The Bertz CT molecular complexity index is 1500. The number of alkyl halides is 3. The van der Waals surface area contributed by atoms with Gasteiger partial charge in [0.2, 0.25) is 0 Å². The SMILES string of the molecule is C[C@H](NC(=O)c1c(C#N)c2ncccc2n1Cc1cccc(C(F)(F)F)c1)c1ccc(C(=O)O)cc1. The van der Waals surface area contributed by atoms with Gasteiger partial charge >= 0.3 is 12.1 Å². The molecule has 0 bridgehead atoms. The van der Waals surface area contributed by atoms with Crippen LogP contribution in [-0.2, 0) is 12.7 Å². The number of aromatic carboxylic acids is 1. The number of carbonyl (C=O) groups excluding carboxylic acids is 1. The Morgan fingerprint density at radius 2 is 1.86 bits per heavy atom. The molecule has 2 aromatic heterocycles. The molecule has 0 unspecified atom stereocenters. The van der Waals surface area contributed by atoms with Crippen molar-refractivity contribution in [2.45, 2.75) is 25.7 Å². The number of fused-ring (bicyclic) bond motifs is 1. The van der Waals surface area contributed by atoms with Crippen LogP contribution >= 0.6 is 0 Å². The van der Waals surface area contributed by atoms with E-state index in [9.17, 15) is 28.0 Å². The second-order valence-corrected chi connectivity index (χ2v) is 8.11. The number of nitriles is 1. The molecule has 0 aliphatic carbocycles. The van der Waals surface area contributed by atoms with Gasteiger partial charge in [0.05, 0.1) is 22.7 Å². The third kappa shape index (κ3) is 4.77. The molecule has 0 aliphatic rings.